The largest absolute Gasteiger partial charge is 0.456 e. The highest BCUT2D eigenvalue weighted by molar-refractivity contribution is 5.53. The number of rotatable bonds is 4. The van der Waals surface area contributed by atoms with Crippen molar-refractivity contribution in [2.75, 3.05) is 6.54 Å². The van der Waals surface area contributed by atoms with Crippen LogP contribution in [0.3, 0.4) is 0 Å². The first kappa shape index (κ1) is 18.0. The molecule has 2 heterocycles. The molecule has 1 aliphatic heterocycles. The maximum atomic E-state index is 9.68. The van der Waals surface area contributed by atoms with Crippen molar-refractivity contribution in [2.24, 2.45) is 7.05 Å². The number of imidazole rings is 1. The predicted octanol–water partition coefficient (Wildman–Crippen LogP) is 4.20. The van der Waals surface area contributed by atoms with Crippen LogP contribution < -0.4 is 10.1 Å². The van der Waals surface area contributed by atoms with E-state index in [1.54, 1.807) is 0 Å². The number of ether oxygens (including phenoxy) is 1. The highest BCUT2D eigenvalue weighted by Gasteiger charge is 2.39. The summed E-state index contributed by atoms with van der Waals surface area (Å²) in [7, 11) is 2.03. The Labute approximate surface area is 171 Å². The van der Waals surface area contributed by atoms with Gasteiger partial charge in [-0.2, -0.15) is 5.26 Å². The maximum absolute atomic E-state index is 9.68. The molecule has 0 spiro atoms. The molecule has 0 bridgehead atoms. The third kappa shape index (κ3) is 2.92. The van der Waals surface area contributed by atoms with Crippen molar-refractivity contribution in [1.82, 2.24) is 14.9 Å². The molecule has 1 aliphatic carbocycles. The summed E-state index contributed by atoms with van der Waals surface area (Å²) in [4.78, 5) is 4.34. The number of nitrogens with one attached hydrogen (secondary N) is 1. The average Bonchev–Trinajstić information content (AvgIpc) is 3.49. The number of benzene rings is 2. The van der Waals surface area contributed by atoms with Crippen LogP contribution in [0.25, 0.3) is 0 Å². The lowest BCUT2D eigenvalue weighted by Gasteiger charge is -2.31. The van der Waals surface area contributed by atoms with Gasteiger partial charge in [0, 0.05) is 7.05 Å². The fourth-order valence-corrected chi connectivity index (χ4v) is 4.89. The van der Waals surface area contributed by atoms with Gasteiger partial charge in [0.15, 0.2) is 0 Å². The summed E-state index contributed by atoms with van der Waals surface area (Å²) in [6, 6.07) is 14.5. The van der Waals surface area contributed by atoms with Gasteiger partial charge in [0.25, 0.3) is 0 Å². The van der Waals surface area contributed by atoms with Crippen molar-refractivity contribution >= 4 is 0 Å². The first-order valence-electron chi connectivity index (χ1n) is 10.3. The van der Waals surface area contributed by atoms with Crippen LogP contribution in [-0.2, 0) is 25.4 Å². The first-order valence-corrected chi connectivity index (χ1v) is 10.3. The van der Waals surface area contributed by atoms with Crippen LogP contribution in [0.1, 0.15) is 47.2 Å². The number of hydrogen-bond acceptors (Lipinski definition) is 4. The number of hydrogen-bond donors (Lipinski definition) is 1. The van der Waals surface area contributed by atoms with E-state index in [1.807, 2.05) is 49.9 Å². The van der Waals surface area contributed by atoms with Crippen LogP contribution in [0.15, 0.2) is 48.9 Å². The molecular weight excluding hydrogens is 360 g/mol. The van der Waals surface area contributed by atoms with Crippen molar-refractivity contribution in [3.8, 4) is 17.6 Å². The van der Waals surface area contributed by atoms with Crippen molar-refractivity contribution < 1.29 is 4.74 Å². The van der Waals surface area contributed by atoms with Crippen molar-refractivity contribution in [2.45, 2.75) is 37.6 Å². The first-order chi connectivity index (χ1) is 14.2. The molecule has 146 valence electrons. The molecule has 1 unspecified atom stereocenters. The molecule has 29 heavy (non-hydrogen) atoms. The second kappa shape index (κ2) is 7.06. The lowest BCUT2D eigenvalue weighted by Crippen LogP contribution is -2.39. The lowest BCUT2D eigenvalue weighted by molar-refractivity contribution is 0.437. The zero-order valence-electron chi connectivity index (χ0n) is 16.6. The van der Waals surface area contributed by atoms with Crippen LogP contribution in [0, 0.1) is 11.3 Å². The van der Waals surface area contributed by atoms with E-state index >= 15 is 0 Å². The number of fused-ring (bicyclic) bond motifs is 1. The topological polar surface area (TPSA) is 62.9 Å². The fraction of sp³-hybridized carbons (Fsp3) is 0.333. The van der Waals surface area contributed by atoms with Gasteiger partial charge in [0.05, 0.1) is 29.3 Å². The molecule has 5 nitrogen and oxygen atoms in total. The van der Waals surface area contributed by atoms with Crippen LogP contribution in [0.5, 0.6) is 11.5 Å². The molecule has 0 amide bonds. The van der Waals surface area contributed by atoms with Gasteiger partial charge >= 0.3 is 0 Å². The normalized spacial score (nSPS) is 20.4. The van der Waals surface area contributed by atoms with Crippen LogP contribution >= 0.6 is 0 Å². The Kier molecular flexibility index (Phi) is 4.37. The maximum Gasteiger partial charge on any atom is 0.145 e. The molecule has 1 saturated heterocycles. The highest BCUT2D eigenvalue weighted by atomic mass is 16.5. The van der Waals surface area contributed by atoms with E-state index in [0.29, 0.717) is 11.3 Å². The molecule has 0 saturated carbocycles. The number of nitrogens with zero attached hydrogens (tertiary/aromatic N) is 3. The smallest absolute Gasteiger partial charge is 0.145 e. The van der Waals surface area contributed by atoms with Gasteiger partial charge < -0.3 is 14.6 Å². The molecule has 2 aromatic carbocycles. The molecule has 5 heteroatoms. The molecule has 2 aliphatic rings. The molecule has 1 aromatic heterocycles. The molecule has 5 rings (SSSR count). The molecule has 1 fully saturated rings. The van der Waals surface area contributed by atoms with E-state index in [-0.39, 0.29) is 5.54 Å². The standard InChI is InChI=1S/C24H24N4O/c1-28-16-26-15-23(28)24(11-4-12-27-24)19-10-9-18(14-25)22(13-19)29-21-8-3-6-17-5-2-7-20(17)21/h3,6,8-10,13,15-16,27H,2,4-5,7,11-12H2,1H3. The fourth-order valence-electron chi connectivity index (χ4n) is 4.89. The monoisotopic (exact) mass is 384 g/mol. The summed E-state index contributed by atoms with van der Waals surface area (Å²) in [6.45, 7) is 0.952. The second-order valence-electron chi connectivity index (χ2n) is 8.00. The predicted molar refractivity (Wildman–Crippen MR) is 111 cm³/mol. The third-order valence-electron chi connectivity index (χ3n) is 6.33. The van der Waals surface area contributed by atoms with Crippen molar-refractivity contribution in [3.05, 3.63) is 76.9 Å². The van der Waals surface area contributed by atoms with E-state index in [0.717, 1.165) is 55.7 Å². The van der Waals surface area contributed by atoms with E-state index in [1.165, 1.54) is 11.1 Å². The van der Waals surface area contributed by atoms with Gasteiger partial charge in [-0.1, -0.05) is 18.2 Å². The minimum Gasteiger partial charge on any atom is -0.456 e. The summed E-state index contributed by atoms with van der Waals surface area (Å²) in [6.07, 6.45) is 9.14. The van der Waals surface area contributed by atoms with Crippen LogP contribution in [-0.4, -0.2) is 16.1 Å². The second-order valence-corrected chi connectivity index (χ2v) is 8.00. The minimum atomic E-state index is -0.310. The van der Waals surface area contributed by atoms with E-state index < -0.39 is 0 Å². The molecule has 1 N–H and O–H groups in total. The number of nitriles is 1. The Bertz CT molecular complexity index is 1100. The Morgan fingerprint density at radius 2 is 2.10 bits per heavy atom. The molecular formula is C24H24N4O. The summed E-state index contributed by atoms with van der Waals surface area (Å²) in [5.41, 5.74) is 5.13. The zero-order valence-corrected chi connectivity index (χ0v) is 16.6. The van der Waals surface area contributed by atoms with Gasteiger partial charge in [0.1, 0.15) is 17.6 Å². The highest BCUT2D eigenvalue weighted by Crippen LogP contribution is 2.41. The van der Waals surface area contributed by atoms with Gasteiger partial charge in [-0.05, 0) is 73.5 Å². The SMILES string of the molecule is Cn1cncc1C1(c2ccc(C#N)c(Oc3cccc4c3CCC4)c2)CCCN1. The Morgan fingerprint density at radius 1 is 1.17 bits per heavy atom. The van der Waals surface area contributed by atoms with E-state index in [9.17, 15) is 5.26 Å². The quantitative estimate of drug-likeness (QED) is 0.732. The van der Waals surface area contributed by atoms with E-state index in [4.69, 9.17) is 4.74 Å². The number of aromatic nitrogens is 2. The van der Waals surface area contributed by atoms with Gasteiger partial charge in [-0.25, -0.2) is 4.98 Å². The van der Waals surface area contributed by atoms with Gasteiger partial charge in [-0.3, -0.25) is 0 Å². The summed E-state index contributed by atoms with van der Waals surface area (Å²) >= 11 is 0. The number of aryl methyl sites for hydroxylation is 2. The van der Waals surface area contributed by atoms with Gasteiger partial charge in [-0.15, -0.1) is 0 Å². The third-order valence-corrected chi connectivity index (χ3v) is 6.33. The van der Waals surface area contributed by atoms with Crippen molar-refractivity contribution in [3.63, 3.8) is 0 Å². The van der Waals surface area contributed by atoms with Gasteiger partial charge in [0.2, 0.25) is 0 Å². The van der Waals surface area contributed by atoms with Crippen molar-refractivity contribution in [1.29, 1.82) is 5.26 Å². The summed E-state index contributed by atoms with van der Waals surface area (Å²) in [5, 5.41) is 13.4. The lowest BCUT2D eigenvalue weighted by atomic mass is 9.84. The van der Waals surface area contributed by atoms with Crippen LogP contribution in [0.4, 0.5) is 0 Å². The zero-order chi connectivity index (χ0) is 19.8. The Morgan fingerprint density at radius 3 is 2.86 bits per heavy atom. The van der Waals surface area contributed by atoms with Crippen LogP contribution in [0.2, 0.25) is 0 Å². The summed E-state index contributed by atoms with van der Waals surface area (Å²) in [5.74, 6) is 1.50. The molecule has 3 aromatic rings. The minimum absolute atomic E-state index is 0.310. The van der Waals surface area contributed by atoms with E-state index in [2.05, 4.69) is 27.0 Å². The Hall–Kier alpha value is -3.10. The summed E-state index contributed by atoms with van der Waals surface area (Å²) < 4.78 is 8.43. The average molecular weight is 384 g/mol. The molecule has 1 atom stereocenters. The Balaban J connectivity index is 1.59. The molecule has 0 radical (unpaired) electrons.